The number of nitrogens with zero attached hydrogens (tertiary/aromatic N) is 2. The second kappa shape index (κ2) is 7.71. The van der Waals surface area contributed by atoms with Gasteiger partial charge in [0.25, 0.3) is 5.91 Å². The molecular formula is C19H20N2O5S. The lowest BCUT2D eigenvalue weighted by atomic mass is 10.1. The fourth-order valence-electron chi connectivity index (χ4n) is 2.80. The molecule has 0 aliphatic carbocycles. The molecule has 3 rings (SSSR count). The Morgan fingerprint density at radius 2 is 1.59 bits per heavy atom. The molecule has 0 fully saturated rings. The highest BCUT2D eigenvalue weighted by molar-refractivity contribution is 7.16. The van der Waals surface area contributed by atoms with Gasteiger partial charge < -0.3 is 23.5 Å². The minimum Gasteiger partial charge on any atom is -0.495 e. The summed E-state index contributed by atoms with van der Waals surface area (Å²) < 4.78 is 24.1. The largest absolute Gasteiger partial charge is 0.495 e. The lowest BCUT2D eigenvalue weighted by Gasteiger charge is -2.12. The number of thiazole rings is 1. The van der Waals surface area contributed by atoms with Crippen LogP contribution in [0.5, 0.6) is 23.0 Å². The highest BCUT2D eigenvalue weighted by Gasteiger charge is 2.17. The van der Waals surface area contributed by atoms with Crippen LogP contribution in [0.15, 0.2) is 35.3 Å². The van der Waals surface area contributed by atoms with E-state index in [0.717, 1.165) is 16.0 Å². The van der Waals surface area contributed by atoms with E-state index in [0.29, 0.717) is 27.6 Å². The summed E-state index contributed by atoms with van der Waals surface area (Å²) in [5.41, 5.74) is 1.23. The number of amides is 1. The summed E-state index contributed by atoms with van der Waals surface area (Å²) in [6.07, 6.45) is 0. The summed E-state index contributed by atoms with van der Waals surface area (Å²) in [6, 6.07) is 8.91. The van der Waals surface area contributed by atoms with Crippen LogP contribution in [-0.4, -0.2) is 38.9 Å². The molecular weight excluding hydrogens is 368 g/mol. The Labute approximate surface area is 160 Å². The van der Waals surface area contributed by atoms with Crippen molar-refractivity contribution < 1.29 is 23.7 Å². The summed E-state index contributed by atoms with van der Waals surface area (Å²) in [6.45, 7) is 0. The van der Waals surface area contributed by atoms with Gasteiger partial charge in [-0.2, -0.15) is 4.99 Å². The summed E-state index contributed by atoms with van der Waals surface area (Å²) in [7, 11) is 7.98. The van der Waals surface area contributed by atoms with Crippen LogP contribution >= 0.6 is 11.3 Å². The number of carbonyl (C=O) groups is 1. The van der Waals surface area contributed by atoms with E-state index < -0.39 is 5.91 Å². The molecule has 0 unspecified atom stereocenters. The van der Waals surface area contributed by atoms with Crippen molar-refractivity contribution >= 4 is 27.5 Å². The van der Waals surface area contributed by atoms with Crippen molar-refractivity contribution in [1.29, 1.82) is 0 Å². The summed E-state index contributed by atoms with van der Waals surface area (Å²) in [5, 5.41) is 0. The molecule has 0 aliphatic heterocycles. The Balaban J connectivity index is 2.12. The average molecular weight is 388 g/mol. The Hall–Kier alpha value is -3.00. The molecule has 0 N–H and O–H groups in total. The predicted octanol–water partition coefficient (Wildman–Crippen LogP) is 3.02. The third-order valence-electron chi connectivity index (χ3n) is 4.11. The quantitative estimate of drug-likeness (QED) is 0.672. The maximum absolute atomic E-state index is 12.8. The Bertz CT molecular complexity index is 1040. The van der Waals surface area contributed by atoms with E-state index in [9.17, 15) is 4.79 Å². The Kier molecular flexibility index (Phi) is 5.36. The van der Waals surface area contributed by atoms with E-state index in [-0.39, 0.29) is 0 Å². The van der Waals surface area contributed by atoms with Crippen molar-refractivity contribution in [1.82, 2.24) is 4.57 Å². The molecule has 27 heavy (non-hydrogen) atoms. The molecule has 1 heterocycles. The van der Waals surface area contributed by atoms with E-state index in [1.54, 1.807) is 19.2 Å². The van der Waals surface area contributed by atoms with Crippen LogP contribution in [-0.2, 0) is 7.05 Å². The van der Waals surface area contributed by atoms with Gasteiger partial charge in [0.15, 0.2) is 16.3 Å². The Morgan fingerprint density at radius 1 is 0.963 bits per heavy atom. The smallest absolute Gasteiger partial charge is 0.279 e. The summed E-state index contributed by atoms with van der Waals surface area (Å²) >= 11 is 1.41. The lowest BCUT2D eigenvalue weighted by Crippen LogP contribution is -2.13. The van der Waals surface area contributed by atoms with Gasteiger partial charge in [0.2, 0.25) is 5.75 Å². The van der Waals surface area contributed by atoms with Crippen LogP contribution in [0.1, 0.15) is 10.4 Å². The topological polar surface area (TPSA) is 71.3 Å². The van der Waals surface area contributed by atoms with Crippen LogP contribution in [0, 0.1) is 0 Å². The van der Waals surface area contributed by atoms with Crippen LogP contribution in [0.2, 0.25) is 0 Å². The van der Waals surface area contributed by atoms with Gasteiger partial charge in [0, 0.05) is 12.6 Å². The second-order valence-electron chi connectivity index (χ2n) is 5.58. The van der Waals surface area contributed by atoms with Gasteiger partial charge in [-0.1, -0.05) is 17.4 Å². The number of methoxy groups -OCH3 is 4. The van der Waals surface area contributed by atoms with Gasteiger partial charge in [-0.3, -0.25) is 4.79 Å². The molecule has 1 amide bonds. The van der Waals surface area contributed by atoms with Crippen molar-refractivity contribution in [2.24, 2.45) is 12.0 Å². The van der Waals surface area contributed by atoms with Gasteiger partial charge in [0.05, 0.1) is 33.1 Å². The maximum Gasteiger partial charge on any atom is 0.279 e. The SMILES string of the molecule is COc1cc(C(=O)N=c2sc3cccc(OC)c3n2C)cc(OC)c1OC. The molecule has 0 atom stereocenters. The van der Waals surface area contributed by atoms with Gasteiger partial charge in [-0.05, 0) is 24.3 Å². The molecule has 0 spiro atoms. The van der Waals surface area contributed by atoms with Gasteiger partial charge in [0.1, 0.15) is 11.3 Å². The zero-order valence-electron chi connectivity index (χ0n) is 15.7. The predicted molar refractivity (Wildman–Crippen MR) is 103 cm³/mol. The summed E-state index contributed by atoms with van der Waals surface area (Å²) in [5.74, 6) is 1.55. The number of hydrogen-bond donors (Lipinski definition) is 0. The number of carbonyl (C=O) groups excluding carboxylic acids is 1. The molecule has 1 aromatic heterocycles. The first-order valence-electron chi connectivity index (χ1n) is 8.05. The van der Waals surface area contributed by atoms with E-state index >= 15 is 0 Å². The second-order valence-corrected chi connectivity index (χ2v) is 6.59. The lowest BCUT2D eigenvalue weighted by molar-refractivity contribution is 0.0997. The van der Waals surface area contributed by atoms with Crippen molar-refractivity contribution in [3.63, 3.8) is 0 Å². The number of hydrogen-bond acceptors (Lipinski definition) is 6. The summed E-state index contributed by atoms with van der Waals surface area (Å²) in [4.78, 5) is 17.6. The molecule has 0 saturated heterocycles. The third-order valence-corrected chi connectivity index (χ3v) is 5.21. The Morgan fingerprint density at radius 3 is 2.15 bits per heavy atom. The number of rotatable bonds is 5. The molecule has 2 aromatic carbocycles. The molecule has 3 aromatic rings. The van der Waals surface area contributed by atoms with Crippen LogP contribution in [0.3, 0.4) is 0 Å². The molecule has 0 saturated carbocycles. The molecule has 0 bridgehead atoms. The number of aromatic nitrogens is 1. The van der Waals surface area contributed by atoms with Gasteiger partial charge >= 0.3 is 0 Å². The van der Waals surface area contributed by atoms with Crippen LogP contribution < -0.4 is 23.7 Å². The van der Waals surface area contributed by atoms with Crippen LogP contribution in [0.4, 0.5) is 0 Å². The van der Waals surface area contributed by atoms with Crippen molar-refractivity contribution in [3.8, 4) is 23.0 Å². The fourth-order valence-corrected chi connectivity index (χ4v) is 3.83. The zero-order valence-corrected chi connectivity index (χ0v) is 16.5. The minimum absolute atomic E-state index is 0.342. The molecule has 0 radical (unpaired) electrons. The fraction of sp³-hybridized carbons (Fsp3) is 0.263. The van der Waals surface area contributed by atoms with Crippen molar-refractivity contribution in [2.45, 2.75) is 0 Å². The molecule has 142 valence electrons. The van der Waals surface area contributed by atoms with E-state index in [1.165, 1.54) is 32.7 Å². The minimum atomic E-state index is -0.407. The standard InChI is InChI=1S/C19H20N2O5S/c1-21-16-12(23-2)7-6-8-15(16)27-19(21)20-18(22)11-9-13(24-3)17(26-5)14(10-11)25-4/h6-10H,1-5H3. The van der Waals surface area contributed by atoms with Crippen LogP contribution in [0.25, 0.3) is 10.2 Å². The average Bonchev–Trinajstić information content (AvgIpc) is 3.02. The van der Waals surface area contributed by atoms with Gasteiger partial charge in [-0.25, -0.2) is 0 Å². The monoisotopic (exact) mass is 388 g/mol. The number of ether oxygens (including phenoxy) is 4. The first-order valence-corrected chi connectivity index (χ1v) is 8.87. The normalized spacial score (nSPS) is 11.5. The number of fused-ring (bicyclic) bond motifs is 1. The first kappa shape index (κ1) is 18.8. The highest BCUT2D eigenvalue weighted by Crippen LogP contribution is 2.38. The molecule has 0 aliphatic rings. The third kappa shape index (κ3) is 3.35. The number of benzene rings is 2. The van der Waals surface area contributed by atoms with Crippen molar-refractivity contribution in [2.75, 3.05) is 28.4 Å². The highest BCUT2D eigenvalue weighted by atomic mass is 32.1. The van der Waals surface area contributed by atoms with Gasteiger partial charge in [-0.15, -0.1) is 0 Å². The molecule has 8 heteroatoms. The first-order chi connectivity index (χ1) is 13.0. The van der Waals surface area contributed by atoms with E-state index in [4.69, 9.17) is 18.9 Å². The number of aryl methyl sites for hydroxylation is 1. The van der Waals surface area contributed by atoms with E-state index in [1.807, 2.05) is 29.8 Å². The maximum atomic E-state index is 12.8. The van der Waals surface area contributed by atoms with Crippen molar-refractivity contribution in [3.05, 3.63) is 40.7 Å². The molecule has 7 nitrogen and oxygen atoms in total. The zero-order chi connectivity index (χ0) is 19.6. The van der Waals surface area contributed by atoms with E-state index in [2.05, 4.69) is 4.99 Å². The number of para-hydroxylation sites is 1.